The van der Waals surface area contributed by atoms with Crippen molar-refractivity contribution in [2.24, 2.45) is 0 Å². The van der Waals surface area contributed by atoms with Crippen molar-refractivity contribution in [1.29, 1.82) is 0 Å². The van der Waals surface area contributed by atoms with Crippen LogP contribution < -0.4 is 10.2 Å². The van der Waals surface area contributed by atoms with Crippen molar-refractivity contribution >= 4 is 11.5 Å². The first-order valence-electron chi connectivity index (χ1n) is 6.60. The Kier molecular flexibility index (Phi) is 2.91. The highest BCUT2D eigenvalue weighted by atomic mass is 15.4. The summed E-state index contributed by atoms with van der Waals surface area (Å²) in [6, 6.07) is 4.21. The molecule has 1 fully saturated rings. The van der Waals surface area contributed by atoms with E-state index < -0.39 is 0 Å². The van der Waals surface area contributed by atoms with E-state index in [4.69, 9.17) is 0 Å². The van der Waals surface area contributed by atoms with Gasteiger partial charge in [-0.15, -0.1) is 0 Å². The average molecular weight is 245 g/mol. The van der Waals surface area contributed by atoms with Gasteiger partial charge in [0.1, 0.15) is 5.82 Å². The van der Waals surface area contributed by atoms with Gasteiger partial charge in [-0.05, 0) is 13.3 Å². The first kappa shape index (κ1) is 11.5. The van der Waals surface area contributed by atoms with Crippen LogP contribution in [0.2, 0.25) is 0 Å². The standard InChI is InChI=1S/C13H19N5/c1-3-11-9-12-15-10(2)8-13(18(12)16-11)17-6-4-14-5-7-17/h8-9,14H,3-7H2,1-2H3. The largest absolute Gasteiger partial charge is 0.354 e. The van der Waals surface area contributed by atoms with Crippen LogP contribution >= 0.6 is 0 Å². The molecule has 0 atom stereocenters. The summed E-state index contributed by atoms with van der Waals surface area (Å²) in [7, 11) is 0. The van der Waals surface area contributed by atoms with Crippen molar-refractivity contribution in [3.63, 3.8) is 0 Å². The number of rotatable bonds is 2. The molecule has 1 saturated heterocycles. The van der Waals surface area contributed by atoms with Crippen LogP contribution in [-0.4, -0.2) is 40.8 Å². The molecule has 1 aliphatic heterocycles. The van der Waals surface area contributed by atoms with Crippen LogP contribution in [0.15, 0.2) is 12.1 Å². The lowest BCUT2D eigenvalue weighted by molar-refractivity contribution is 0.579. The van der Waals surface area contributed by atoms with Gasteiger partial charge in [-0.2, -0.15) is 9.61 Å². The van der Waals surface area contributed by atoms with Gasteiger partial charge in [0.05, 0.1) is 5.69 Å². The fraction of sp³-hybridized carbons (Fsp3) is 0.538. The second-order valence-electron chi connectivity index (χ2n) is 4.75. The number of aryl methyl sites for hydroxylation is 2. The van der Waals surface area contributed by atoms with Crippen molar-refractivity contribution in [1.82, 2.24) is 19.9 Å². The van der Waals surface area contributed by atoms with E-state index in [0.29, 0.717) is 0 Å². The zero-order valence-corrected chi connectivity index (χ0v) is 11.0. The van der Waals surface area contributed by atoms with Crippen LogP contribution in [0, 0.1) is 6.92 Å². The fourth-order valence-corrected chi connectivity index (χ4v) is 2.42. The first-order valence-corrected chi connectivity index (χ1v) is 6.60. The highest BCUT2D eigenvalue weighted by Crippen LogP contribution is 2.18. The molecule has 0 aliphatic carbocycles. The SMILES string of the molecule is CCc1cc2nc(C)cc(N3CCNCC3)n2n1. The maximum absolute atomic E-state index is 4.64. The minimum absolute atomic E-state index is 0.948. The number of nitrogens with one attached hydrogen (secondary N) is 1. The smallest absolute Gasteiger partial charge is 0.157 e. The number of anilines is 1. The summed E-state index contributed by atoms with van der Waals surface area (Å²) in [6.07, 6.45) is 0.948. The van der Waals surface area contributed by atoms with Crippen LogP contribution in [-0.2, 0) is 6.42 Å². The van der Waals surface area contributed by atoms with Crippen molar-refractivity contribution in [2.75, 3.05) is 31.1 Å². The molecule has 0 bridgehead atoms. The minimum atomic E-state index is 0.948. The molecule has 0 amide bonds. The Labute approximate surface area is 107 Å². The third-order valence-electron chi connectivity index (χ3n) is 3.39. The predicted octanol–water partition coefficient (Wildman–Crippen LogP) is 1.01. The summed E-state index contributed by atoms with van der Waals surface area (Å²) >= 11 is 0. The minimum Gasteiger partial charge on any atom is -0.354 e. The van der Waals surface area contributed by atoms with Crippen molar-refractivity contribution < 1.29 is 0 Å². The molecule has 18 heavy (non-hydrogen) atoms. The van der Waals surface area contributed by atoms with E-state index in [1.807, 2.05) is 11.4 Å². The van der Waals surface area contributed by atoms with Gasteiger partial charge in [0.2, 0.25) is 0 Å². The topological polar surface area (TPSA) is 45.5 Å². The Balaban J connectivity index is 2.10. The quantitative estimate of drug-likeness (QED) is 0.857. The molecule has 3 heterocycles. The van der Waals surface area contributed by atoms with Gasteiger partial charge in [-0.1, -0.05) is 6.92 Å². The molecule has 0 radical (unpaired) electrons. The van der Waals surface area contributed by atoms with Crippen molar-refractivity contribution in [3.8, 4) is 0 Å². The van der Waals surface area contributed by atoms with Gasteiger partial charge in [-0.3, -0.25) is 0 Å². The van der Waals surface area contributed by atoms with E-state index >= 15 is 0 Å². The zero-order valence-electron chi connectivity index (χ0n) is 11.0. The van der Waals surface area contributed by atoms with E-state index in [9.17, 15) is 0 Å². The summed E-state index contributed by atoms with van der Waals surface area (Å²) in [5.74, 6) is 1.17. The molecule has 0 aromatic carbocycles. The third kappa shape index (κ3) is 1.95. The summed E-state index contributed by atoms with van der Waals surface area (Å²) < 4.78 is 1.98. The molecule has 1 aliphatic rings. The Morgan fingerprint density at radius 1 is 1.28 bits per heavy atom. The number of hydrogen-bond acceptors (Lipinski definition) is 4. The highest BCUT2D eigenvalue weighted by molar-refractivity contribution is 5.52. The van der Waals surface area contributed by atoms with E-state index in [2.05, 4.69) is 39.4 Å². The molecular formula is C13H19N5. The Hall–Kier alpha value is -1.62. The molecule has 0 unspecified atom stereocenters. The number of fused-ring (bicyclic) bond motifs is 1. The van der Waals surface area contributed by atoms with Crippen LogP contribution in [0.1, 0.15) is 18.3 Å². The van der Waals surface area contributed by atoms with E-state index in [1.165, 1.54) is 5.82 Å². The van der Waals surface area contributed by atoms with Crippen molar-refractivity contribution in [2.45, 2.75) is 20.3 Å². The molecule has 96 valence electrons. The normalized spacial score (nSPS) is 16.4. The van der Waals surface area contributed by atoms with Gasteiger partial charge in [0, 0.05) is 44.0 Å². The van der Waals surface area contributed by atoms with E-state index in [-0.39, 0.29) is 0 Å². The highest BCUT2D eigenvalue weighted by Gasteiger charge is 2.15. The van der Waals surface area contributed by atoms with Crippen LogP contribution in [0.5, 0.6) is 0 Å². The number of aromatic nitrogens is 3. The van der Waals surface area contributed by atoms with Gasteiger partial charge in [-0.25, -0.2) is 4.98 Å². The van der Waals surface area contributed by atoms with Crippen LogP contribution in [0.25, 0.3) is 5.65 Å². The summed E-state index contributed by atoms with van der Waals surface area (Å²) in [5.41, 5.74) is 3.11. The van der Waals surface area contributed by atoms with Crippen LogP contribution in [0.3, 0.4) is 0 Å². The summed E-state index contributed by atoms with van der Waals surface area (Å²) in [4.78, 5) is 6.94. The first-order chi connectivity index (χ1) is 8.78. The lowest BCUT2D eigenvalue weighted by Gasteiger charge is -2.29. The molecular weight excluding hydrogens is 226 g/mol. The molecule has 1 N–H and O–H groups in total. The monoisotopic (exact) mass is 245 g/mol. The molecule has 5 heteroatoms. The molecule has 2 aromatic heterocycles. The molecule has 2 aromatic rings. The Morgan fingerprint density at radius 3 is 2.78 bits per heavy atom. The molecule has 5 nitrogen and oxygen atoms in total. The maximum Gasteiger partial charge on any atom is 0.157 e. The van der Waals surface area contributed by atoms with Crippen molar-refractivity contribution in [3.05, 3.63) is 23.5 Å². The van der Waals surface area contributed by atoms with E-state index in [1.54, 1.807) is 0 Å². The van der Waals surface area contributed by atoms with Gasteiger partial charge >= 0.3 is 0 Å². The third-order valence-corrected chi connectivity index (χ3v) is 3.39. The maximum atomic E-state index is 4.64. The van der Waals surface area contributed by atoms with Gasteiger partial charge < -0.3 is 10.2 Å². The number of piperazine rings is 1. The number of hydrogen-bond donors (Lipinski definition) is 1. The fourth-order valence-electron chi connectivity index (χ4n) is 2.42. The van der Waals surface area contributed by atoms with E-state index in [0.717, 1.165) is 49.6 Å². The summed E-state index contributed by atoms with van der Waals surface area (Å²) in [5, 5.41) is 8.02. The van der Waals surface area contributed by atoms with Gasteiger partial charge in [0.25, 0.3) is 0 Å². The second kappa shape index (κ2) is 4.57. The molecule has 0 saturated carbocycles. The molecule has 0 spiro atoms. The zero-order chi connectivity index (χ0) is 12.5. The second-order valence-corrected chi connectivity index (χ2v) is 4.75. The Morgan fingerprint density at radius 2 is 2.06 bits per heavy atom. The lowest BCUT2D eigenvalue weighted by Crippen LogP contribution is -2.44. The Bertz CT molecular complexity index is 554. The average Bonchev–Trinajstić information content (AvgIpc) is 2.81. The number of nitrogens with zero attached hydrogens (tertiary/aromatic N) is 4. The van der Waals surface area contributed by atoms with Crippen LogP contribution in [0.4, 0.5) is 5.82 Å². The molecule has 3 rings (SSSR count). The predicted molar refractivity (Wildman–Crippen MR) is 72.2 cm³/mol. The lowest BCUT2D eigenvalue weighted by atomic mass is 10.3. The summed E-state index contributed by atoms with van der Waals surface area (Å²) in [6.45, 7) is 8.29. The van der Waals surface area contributed by atoms with Gasteiger partial charge in [0.15, 0.2) is 5.65 Å².